The Bertz CT molecular complexity index is 314. The van der Waals surface area contributed by atoms with Crippen molar-refractivity contribution in [2.45, 2.75) is 18.4 Å². The van der Waals surface area contributed by atoms with Gasteiger partial charge in [-0.15, -0.1) is 0 Å². The fourth-order valence-electron chi connectivity index (χ4n) is 1.43. The van der Waals surface area contributed by atoms with Gasteiger partial charge in [0, 0.05) is 3.57 Å². The molecule has 0 radical (unpaired) electrons. The molecule has 0 aromatic heterocycles. The van der Waals surface area contributed by atoms with E-state index in [0.29, 0.717) is 6.47 Å². The molecule has 0 aliphatic heterocycles. The van der Waals surface area contributed by atoms with Gasteiger partial charge in [-0.25, -0.2) is 0 Å². The van der Waals surface area contributed by atoms with Gasteiger partial charge in [-0.1, -0.05) is 12.1 Å². The number of hydrogen-bond donors (Lipinski definition) is 0. The minimum Gasteiger partial charge on any atom is -0.456 e. The summed E-state index contributed by atoms with van der Waals surface area (Å²) in [4.78, 5) is 10.3. The highest BCUT2D eigenvalue weighted by molar-refractivity contribution is 14.1. The van der Waals surface area contributed by atoms with Gasteiger partial charge in [-0.05, 0) is 53.1 Å². The van der Waals surface area contributed by atoms with Crippen molar-refractivity contribution < 1.29 is 9.53 Å². The molecule has 0 unspecified atom stereocenters. The van der Waals surface area contributed by atoms with E-state index in [0.717, 1.165) is 18.4 Å². The number of ether oxygens (including phenoxy) is 1. The first kappa shape index (κ1) is 8.99. The fraction of sp³-hybridized carbons (Fsp3) is 0.300. The molecule has 2 nitrogen and oxygen atoms in total. The minimum absolute atomic E-state index is 0.286. The normalized spacial score (nSPS) is 17.9. The number of rotatable bonds is 3. The van der Waals surface area contributed by atoms with Crippen LogP contribution < -0.4 is 0 Å². The molecule has 1 fully saturated rings. The molecule has 13 heavy (non-hydrogen) atoms. The van der Waals surface area contributed by atoms with Crippen LogP contribution in [0.5, 0.6) is 0 Å². The van der Waals surface area contributed by atoms with E-state index in [-0.39, 0.29) is 5.60 Å². The van der Waals surface area contributed by atoms with Gasteiger partial charge in [0.15, 0.2) is 0 Å². The first-order valence-electron chi connectivity index (χ1n) is 4.14. The third kappa shape index (κ3) is 1.70. The van der Waals surface area contributed by atoms with Crippen LogP contribution in [0.4, 0.5) is 0 Å². The van der Waals surface area contributed by atoms with E-state index in [4.69, 9.17) is 4.74 Å². The summed E-state index contributed by atoms with van der Waals surface area (Å²) in [5.41, 5.74) is 0.826. The standard InChI is InChI=1S/C10H9IO2/c11-9-3-1-8(2-4-9)10(5-6-10)13-7-12/h1-4,7H,5-6H2. The lowest BCUT2D eigenvalue weighted by Gasteiger charge is -2.12. The third-order valence-corrected chi connectivity index (χ3v) is 3.07. The molecule has 0 saturated heterocycles. The van der Waals surface area contributed by atoms with E-state index in [1.165, 1.54) is 3.57 Å². The van der Waals surface area contributed by atoms with Crippen LogP contribution in [0.1, 0.15) is 18.4 Å². The van der Waals surface area contributed by atoms with Crippen LogP contribution in [-0.2, 0) is 15.1 Å². The van der Waals surface area contributed by atoms with Crippen LogP contribution in [0.3, 0.4) is 0 Å². The van der Waals surface area contributed by atoms with Crippen LogP contribution in [0, 0.1) is 3.57 Å². The zero-order valence-electron chi connectivity index (χ0n) is 7.00. The second-order valence-corrected chi connectivity index (χ2v) is 4.46. The third-order valence-electron chi connectivity index (χ3n) is 2.35. The van der Waals surface area contributed by atoms with Crippen LogP contribution in [0.15, 0.2) is 24.3 Å². The number of hydrogen-bond acceptors (Lipinski definition) is 2. The van der Waals surface area contributed by atoms with Crippen molar-refractivity contribution in [3.05, 3.63) is 33.4 Å². The average molecular weight is 288 g/mol. The Morgan fingerprint density at radius 2 is 1.92 bits per heavy atom. The van der Waals surface area contributed by atoms with Gasteiger partial charge in [-0.3, -0.25) is 4.79 Å². The Kier molecular flexibility index (Phi) is 2.27. The molecule has 2 rings (SSSR count). The highest BCUT2D eigenvalue weighted by Crippen LogP contribution is 2.48. The molecule has 1 aromatic carbocycles. The van der Waals surface area contributed by atoms with Gasteiger partial charge in [0.05, 0.1) is 0 Å². The molecule has 0 amide bonds. The maximum atomic E-state index is 10.3. The number of carbonyl (C=O) groups is 1. The fourth-order valence-corrected chi connectivity index (χ4v) is 1.79. The summed E-state index contributed by atoms with van der Waals surface area (Å²) in [6.45, 7) is 0.547. The molecule has 3 heteroatoms. The summed E-state index contributed by atoms with van der Waals surface area (Å²) in [5.74, 6) is 0. The lowest BCUT2D eigenvalue weighted by Crippen LogP contribution is -2.10. The maximum absolute atomic E-state index is 10.3. The summed E-state index contributed by atoms with van der Waals surface area (Å²) in [6, 6.07) is 8.12. The minimum atomic E-state index is -0.286. The van der Waals surface area contributed by atoms with Crippen molar-refractivity contribution in [2.24, 2.45) is 0 Å². The molecule has 0 atom stereocenters. The van der Waals surface area contributed by atoms with Crippen molar-refractivity contribution in [1.82, 2.24) is 0 Å². The Balaban J connectivity index is 2.25. The zero-order chi connectivity index (χ0) is 9.31. The topological polar surface area (TPSA) is 26.3 Å². The van der Waals surface area contributed by atoms with Gasteiger partial charge in [-0.2, -0.15) is 0 Å². The predicted molar refractivity (Wildman–Crippen MR) is 57.2 cm³/mol. The largest absolute Gasteiger partial charge is 0.456 e. The second kappa shape index (κ2) is 3.29. The van der Waals surface area contributed by atoms with E-state index in [1.54, 1.807) is 0 Å². The van der Waals surface area contributed by atoms with Crippen molar-refractivity contribution in [2.75, 3.05) is 0 Å². The quantitative estimate of drug-likeness (QED) is 0.631. The van der Waals surface area contributed by atoms with Gasteiger partial charge >= 0.3 is 0 Å². The summed E-state index contributed by atoms with van der Waals surface area (Å²) in [5, 5.41) is 0. The maximum Gasteiger partial charge on any atom is 0.293 e. The summed E-state index contributed by atoms with van der Waals surface area (Å²) >= 11 is 2.26. The number of halogens is 1. The second-order valence-electron chi connectivity index (χ2n) is 3.22. The molecule has 0 spiro atoms. The monoisotopic (exact) mass is 288 g/mol. The van der Waals surface area contributed by atoms with Crippen molar-refractivity contribution >= 4 is 29.1 Å². The smallest absolute Gasteiger partial charge is 0.293 e. The lowest BCUT2D eigenvalue weighted by molar-refractivity contribution is -0.136. The molecule has 1 aromatic rings. The highest BCUT2D eigenvalue weighted by atomic mass is 127. The van der Waals surface area contributed by atoms with Crippen LogP contribution >= 0.6 is 22.6 Å². The lowest BCUT2D eigenvalue weighted by atomic mass is 10.1. The average Bonchev–Trinajstić information content (AvgIpc) is 2.87. The van der Waals surface area contributed by atoms with Gasteiger partial charge in [0.2, 0.25) is 0 Å². The Morgan fingerprint density at radius 1 is 1.31 bits per heavy atom. The van der Waals surface area contributed by atoms with Crippen LogP contribution in [0.2, 0.25) is 0 Å². The van der Waals surface area contributed by atoms with Gasteiger partial charge in [0.1, 0.15) is 5.60 Å². The number of carbonyl (C=O) groups excluding carboxylic acids is 1. The van der Waals surface area contributed by atoms with Crippen molar-refractivity contribution in [3.8, 4) is 0 Å². The van der Waals surface area contributed by atoms with E-state index in [2.05, 4.69) is 22.6 Å². The Hall–Kier alpha value is -0.580. The summed E-state index contributed by atoms with van der Waals surface area (Å²) in [6.07, 6.45) is 1.90. The first-order valence-corrected chi connectivity index (χ1v) is 5.22. The SMILES string of the molecule is O=COC1(c2ccc(I)cc2)CC1. The number of benzene rings is 1. The Morgan fingerprint density at radius 3 is 2.38 bits per heavy atom. The molecule has 0 heterocycles. The summed E-state index contributed by atoms with van der Waals surface area (Å²) < 4.78 is 6.28. The molecule has 1 saturated carbocycles. The molecular formula is C10H9IO2. The molecule has 0 bridgehead atoms. The molecule has 1 aliphatic carbocycles. The molecule has 0 N–H and O–H groups in total. The van der Waals surface area contributed by atoms with E-state index >= 15 is 0 Å². The summed E-state index contributed by atoms with van der Waals surface area (Å²) in [7, 11) is 0. The highest BCUT2D eigenvalue weighted by Gasteiger charge is 2.46. The van der Waals surface area contributed by atoms with Crippen molar-refractivity contribution in [1.29, 1.82) is 0 Å². The van der Waals surface area contributed by atoms with Crippen LogP contribution in [-0.4, -0.2) is 6.47 Å². The Labute approximate surface area is 90.4 Å². The van der Waals surface area contributed by atoms with Crippen LogP contribution in [0.25, 0.3) is 0 Å². The van der Waals surface area contributed by atoms with E-state index in [9.17, 15) is 4.79 Å². The van der Waals surface area contributed by atoms with E-state index < -0.39 is 0 Å². The molecule has 68 valence electrons. The first-order chi connectivity index (χ1) is 6.27. The van der Waals surface area contributed by atoms with Gasteiger partial charge < -0.3 is 4.74 Å². The van der Waals surface area contributed by atoms with Gasteiger partial charge in [0.25, 0.3) is 6.47 Å². The molecular weight excluding hydrogens is 279 g/mol. The zero-order valence-corrected chi connectivity index (χ0v) is 9.15. The predicted octanol–water partition coefficient (Wildman–Crippen LogP) is 2.45. The molecule has 1 aliphatic rings. The van der Waals surface area contributed by atoms with Crippen molar-refractivity contribution in [3.63, 3.8) is 0 Å². The van der Waals surface area contributed by atoms with E-state index in [1.807, 2.05) is 24.3 Å².